The van der Waals surface area contributed by atoms with Crippen LogP contribution in [0.25, 0.3) is 0 Å². The largest absolute Gasteiger partial charge is 0.327 e. The molecule has 3 aliphatic rings. The maximum atomic E-state index is 6.10. The van der Waals surface area contributed by atoms with Crippen LogP contribution in [0, 0.1) is 17.8 Å². The number of nitrogens with zero attached hydrogens (tertiary/aromatic N) is 1. The second kappa shape index (κ2) is 4.30. The summed E-state index contributed by atoms with van der Waals surface area (Å²) < 4.78 is 0. The van der Waals surface area contributed by atoms with E-state index in [9.17, 15) is 0 Å². The zero-order chi connectivity index (χ0) is 11.1. The fourth-order valence-electron chi connectivity index (χ4n) is 4.57. The number of nitrogens with two attached hydrogens (primary N) is 1. The van der Waals surface area contributed by atoms with E-state index in [2.05, 4.69) is 11.8 Å². The molecule has 1 saturated heterocycles. The summed E-state index contributed by atoms with van der Waals surface area (Å²) in [7, 11) is 0. The standard InChI is InChI=1S/C14H26N2/c1-10(16-6-2-3-13(15)9-16)14-8-11-4-5-12(14)7-11/h10-14H,2-9,15H2,1H3. The molecule has 0 amide bonds. The van der Waals surface area contributed by atoms with E-state index >= 15 is 0 Å². The molecule has 5 unspecified atom stereocenters. The molecule has 2 N–H and O–H groups in total. The highest BCUT2D eigenvalue weighted by molar-refractivity contribution is 4.95. The summed E-state index contributed by atoms with van der Waals surface area (Å²) in [5.41, 5.74) is 6.10. The van der Waals surface area contributed by atoms with E-state index in [0.717, 1.165) is 30.3 Å². The van der Waals surface area contributed by atoms with E-state index in [1.54, 1.807) is 0 Å². The maximum absolute atomic E-state index is 6.10. The number of hydrogen-bond acceptors (Lipinski definition) is 2. The van der Waals surface area contributed by atoms with Gasteiger partial charge in [0, 0.05) is 18.6 Å². The lowest BCUT2D eigenvalue weighted by molar-refractivity contribution is 0.0922. The smallest absolute Gasteiger partial charge is 0.0168 e. The van der Waals surface area contributed by atoms with Crippen molar-refractivity contribution in [1.82, 2.24) is 4.90 Å². The highest BCUT2D eigenvalue weighted by atomic mass is 15.2. The first-order valence-electron chi connectivity index (χ1n) is 7.23. The van der Waals surface area contributed by atoms with Crippen LogP contribution in [0.15, 0.2) is 0 Å². The van der Waals surface area contributed by atoms with Gasteiger partial charge in [0.25, 0.3) is 0 Å². The molecular formula is C14H26N2. The molecule has 2 heteroatoms. The predicted molar refractivity (Wildman–Crippen MR) is 67.2 cm³/mol. The summed E-state index contributed by atoms with van der Waals surface area (Å²) in [4.78, 5) is 2.68. The van der Waals surface area contributed by atoms with Crippen LogP contribution in [0.2, 0.25) is 0 Å². The van der Waals surface area contributed by atoms with Crippen LogP contribution in [0.4, 0.5) is 0 Å². The van der Waals surface area contributed by atoms with Crippen molar-refractivity contribution in [2.24, 2.45) is 23.5 Å². The quantitative estimate of drug-likeness (QED) is 0.776. The predicted octanol–water partition coefficient (Wildman–Crippen LogP) is 2.23. The maximum Gasteiger partial charge on any atom is 0.0168 e. The molecule has 2 saturated carbocycles. The Kier molecular flexibility index (Phi) is 2.97. The molecule has 1 aliphatic heterocycles. The van der Waals surface area contributed by atoms with Crippen molar-refractivity contribution in [3.8, 4) is 0 Å². The van der Waals surface area contributed by atoms with Crippen molar-refractivity contribution >= 4 is 0 Å². The molecule has 2 aliphatic carbocycles. The normalized spacial score (nSPS) is 46.1. The third-order valence-corrected chi connectivity index (χ3v) is 5.48. The van der Waals surface area contributed by atoms with Crippen molar-refractivity contribution in [1.29, 1.82) is 0 Å². The van der Waals surface area contributed by atoms with E-state index in [0.29, 0.717) is 6.04 Å². The Hall–Kier alpha value is -0.0800. The average Bonchev–Trinajstić information content (AvgIpc) is 2.89. The van der Waals surface area contributed by atoms with Crippen LogP contribution in [-0.2, 0) is 0 Å². The fraction of sp³-hybridized carbons (Fsp3) is 1.00. The van der Waals surface area contributed by atoms with Crippen LogP contribution in [0.5, 0.6) is 0 Å². The summed E-state index contributed by atoms with van der Waals surface area (Å²) in [6.45, 7) is 4.90. The summed E-state index contributed by atoms with van der Waals surface area (Å²) in [5, 5.41) is 0. The van der Waals surface area contributed by atoms with Gasteiger partial charge in [0.05, 0.1) is 0 Å². The second-order valence-corrected chi connectivity index (χ2v) is 6.48. The van der Waals surface area contributed by atoms with Crippen molar-refractivity contribution in [3.63, 3.8) is 0 Å². The Labute approximate surface area is 99.6 Å². The monoisotopic (exact) mass is 222 g/mol. The number of rotatable bonds is 2. The summed E-state index contributed by atoms with van der Waals surface area (Å²) in [6, 6.07) is 1.23. The van der Waals surface area contributed by atoms with Crippen LogP contribution >= 0.6 is 0 Å². The van der Waals surface area contributed by atoms with Crippen LogP contribution in [0.1, 0.15) is 45.4 Å². The minimum atomic E-state index is 0.440. The summed E-state index contributed by atoms with van der Waals surface area (Å²) in [6.07, 6.45) is 8.63. The first-order chi connectivity index (χ1) is 7.74. The van der Waals surface area contributed by atoms with Gasteiger partial charge in [0.2, 0.25) is 0 Å². The van der Waals surface area contributed by atoms with E-state index < -0.39 is 0 Å². The molecule has 0 spiro atoms. The van der Waals surface area contributed by atoms with Crippen molar-refractivity contribution < 1.29 is 0 Å². The third-order valence-electron chi connectivity index (χ3n) is 5.48. The lowest BCUT2D eigenvalue weighted by atomic mass is 9.82. The van der Waals surface area contributed by atoms with Gasteiger partial charge in [-0.05, 0) is 63.3 Å². The first kappa shape index (κ1) is 11.0. The lowest BCUT2D eigenvalue weighted by Gasteiger charge is -2.40. The minimum absolute atomic E-state index is 0.440. The minimum Gasteiger partial charge on any atom is -0.327 e. The first-order valence-corrected chi connectivity index (χ1v) is 7.23. The Morgan fingerprint density at radius 3 is 2.69 bits per heavy atom. The zero-order valence-corrected chi connectivity index (χ0v) is 10.6. The van der Waals surface area contributed by atoms with Gasteiger partial charge in [-0.1, -0.05) is 6.42 Å². The number of piperidine rings is 1. The van der Waals surface area contributed by atoms with Crippen LogP contribution in [0.3, 0.4) is 0 Å². The van der Waals surface area contributed by atoms with Crippen molar-refractivity contribution in [2.75, 3.05) is 13.1 Å². The fourth-order valence-corrected chi connectivity index (χ4v) is 4.57. The van der Waals surface area contributed by atoms with Crippen LogP contribution in [-0.4, -0.2) is 30.1 Å². The highest BCUT2D eigenvalue weighted by Gasteiger charge is 2.43. The van der Waals surface area contributed by atoms with Crippen molar-refractivity contribution in [3.05, 3.63) is 0 Å². The van der Waals surface area contributed by atoms with E-state index in [1.165, 1.54) is 45.1 Å². The van der Waals surface area contributed by atoms with Gasteiger partial charge < -0.3 is 5.73 Å². The molecule has 0 aromatic carbocycles. The lowest BCUT2D eigenvalue weighted by Crippen LogP contribution is -2.49. The van der Waals surface area contributed by atoms with Gasteiger partial charge in [-0.3, -0.25) is 4.90 Å². The Bertz CT molecular complexity index is 253. The van der Waals surface area contributed by atoms with Gasteiger partial charge in [0.1, 0.15) is 0 Å². The van der Waals surface area contributed by atoms with Gasteiger partial charge >= 0.3 is 0 Å². The zero-order valence-electron chi connectivity index (χ0n) is 10.6. The molecule has 16 heavy (non-hydrogen) atoms. The molecule has 0 aromatic rings. The summed E-state index contributed by atoms with van der Waals surface area (Å²) >= 11 is 0. The number of fused-ring (bicyclic) bond motifs is 2. The number of hydrogen-bond donors (Lipinski definition) is 1. The molecule has 92 valence electrons. The van der Waals surface area contributed by atoms with Crippen LogP contribution < -0.4 is 5.73 Å². The molecular weight excluding hydrogens is 196 g/mol. The Balaban J connectivity index is 1.61. The van der Waals surface area contributed by atoms with Gasteiger partial charge in [-0.15, -0.1) is 0 Å². The molecule has 0 aromatic heterocycles. The molecule has 0 radical (unpaired) electrons. The van der Waals surface area contributed by atoms with E-state index in [4.69, 9.17) is 5.73 Å². The Morgan fingerprint density at radius 2 is 2.06 bits per heavy atom. The average molecular weight is 222 g/mol. The molecule has 3 rings (SSSR count). The third kappa shape index (κ3) is 1.91. The molecule has 2 bridgehead atoms. The van der Waals surface area contributed by atoms with E-state index in [-0.39, 0.29) is 0 Å². The molecule has 1 heterocycles. The molecule has 5 atom stereocenters. The topological polar surface area (TPSA) is 29.3 Å². The Morgan fingerprint density at radius 1 is 1.19 bits per heavy atom. The van der Waals surface area contributed by atoms with Gasteiger partial charge in [0.15, 0.2) is 0 Å². The van der Waals surface area contributed by atoms with Crippen molar-refractivity contribution in [2.45, 2.75) is 57.5 Å². The SMILES string of the molecule is CC(C1CC2CCC1C2)N1CCCC(N)C1. The second-order valence-electron chi connectivity index (χ2n) is 6.48. The van der Waals surface area contributed by atoms with E-state index in [1.807, 2.05) is 0 Å². The highest BCUT2D eigenvalue weighted by Crippen LogP contribution is 2.50. The van der Waals surface area contributed by atoms with Gasteiger partial charge in [-0.25, -0.2) is 0 Å². The summed E-state index contributed by atoms with van der Waals surface area (Å²) in [5.74, 6) is 3.12. The molecule has 2 nitrogen and oxygen atoms in total. The van der Waals surface area contributed by atoms with Gasteiger partial charge in [-0.2, -0.15) is 0 Å². The number of likely N-dealkylation sites (tertiary alicyclic amines) is 1. The molecule has 3 fully saturated rings.